The molecule has 1 fully saturated rings. The van der Waals surface area contributed by atoms with Crippen molar-refractivity contribution in [3.63, 3.8) is 0 Å². The van der Waals surface area contributed by atoms with Gasteiger partial charge in [0, 0.05) is 11.6 Å². The molecule has 2 unspecified atom stereocenters. The predicted molar refractivity (Wildman–Crippen MR) is 124 cm³/mol. The lowest BCUT2D eigenvalue weighted by molar-refractivity contribution is -0.231. The highest BCUT2D eigenvalue weighted by molar-refractivity contribution is 6.31. The van der Waals surface area contributed by atoms with E-state index in [1.807, 2.05) is 12.1 Å². The van der Waals surface area contributed by atoms with Gasteiger partial charge < -0.3 is 30.3 Å². The summed E-state index contributed by atoms with van der Waals surface area (Å²) in [7, 11) is 0. The van der Waals surface area contributed by atoms with Gasteiger partial charge in [-0.25, -0.2) is 4.79 Å². The van der Waals surface area contributed by atoms with Gasteiger partial charge in [0.05, 0.1) is 18.5 Å². The zero-order chi connectivity index (χ0) is 24.6. The van der Waals surface area contributed by atoms with Crippen LogP contribution in [0.3, 0.4) is 0 Å². The third-order valence-corrected chi connectivity index (χ3v) is 6.54. The first-order valence-electron chi connectivity index (χ1n) is 10.9. The predicted octanol–water partition coefficient (Wildman–Crippen LogP) is 1.12. The molecule has 9 nitrogen and oxygen atoms in total. The van der Waals surface area contributed by atoms with Crippen LogP contribution in [0.5, 0.6) is 5.88 Å². The van der Waals surface area contributed by atoms with E-state index in [9.17, 15) is 30.3 Å². The van der Waals surface area contributed by atoms with Crippen molar-refractivity contribution in [1.29, 1.82) is 0 Å². The Morgan fingerprint density at radius 2 is 1.74 bits per heavy atom. The lowest BCUT2D eigenvalue weighted by atomic mass is 9.90. The van der Waals surface area contributed by atoms with Crippen molar-refractivity contribution in [1.82, 2.24) is 9.13 Å². The summed E-state index contributed by atoms with van der Waals surface area (Å²) in [6.45, 7) is 1.63. The summed E-state index contributed by atoms with van der Waals surface area (Å²) in [4.78, 5) is 12.4. The van der Waals surface area contributed by atoms with E-state index in [0.29, 0.717) is 29.2 Å². The molecular formula is C24H27ClN2O7. The first kappa shape index (κ1) is 24.5. The van der Waals surface area contributed by atoms with E-state index in [2.05, 4.69) is 0 Å². The molecule has 0 aliphatic carbocycles. The maximum absolute atomic E-state index is 12.4. The average molecular weight is 491 g/mol. The number of aliphatic hydroxyl groups excluding tert-OH is 4. The van der Waals surface area contributed by atoms with E-state index in [4.69, 9.17) is 16.3 Å². The molecule has 0 spiro atoms. The summed E-state index contributed by atoms with van der Waals surface area (Å²) in [5.41, 5.74) is 2.48. The molecule has 10 heteroatoms. The molecule has 4 rings (SSSR count). The van der Waals surface area contributed by atoms with E-state index >= 15 is 0 Å². The largest absolute Gasteiger partial charge is 0.493 e. The van der Waals surface area contributed by atoms with Gasteiger partial charge >= 0.3 is 5.69 Å². The van der Waals surface area contributed by atoms with Gasteiger partial charge in [-0.3, -0.25) is 9.13 Å². The van der Waals surface area contributed by atoms with E-state index in [-0.39, 0.29) is 11.6 Å². The Bertz CT molecular complexity index is 1210. The van der Waals surface area contributed by atoms with Crippen LogP contribution in [0.4, 0.5) is 0 Å². The van der Waals surface area contributed by atoms with Crippen molar-refractivity contribution in [2.24, 2.45) is 0 Å². The maximum Gasteiger partial charge on any atom is 0.335 e. The molecule has 2 heterocycles. The Kier molecular flexibility index (Phi) is 7.13. The Balaban J connectivity index is 1.57. The van der Waals surface area contributed by atoms with E-state index < -0.39 is 37.1 Å². The number of benzene rings is 2. The molecule has 182 valence electrons. The summed E-state index contributed by atoms with van der Waals surface area (Å²) in [6.07, 6.45) is -4.40. The topological polar surface area (TPSA) is 137 Å². The Morgan fingerprint density at radius 1 is 1.03 bits per heavy atom. The second-order valence-electron chi connectivity index (χ2n) is 8.33. The number of hydrogen-bond acceptors (Lipinski definition) is 7. The highest BCUT2D eigenvalue weighted by Crippen LogP contribution is 2.34. The van der Waals surface area contributed by atoms with Crippen LogP contribution in [0.2, 0.25) is 5.02 Å². The molecule has 34 heavy (non-hydrogen) atoms. The molecule has 1 aliphatic rings. The number of aromatic hydroxyl groups is 1. The molecule has 3 aromatic rings. The van der Waals surface area contributed by atoms with Gasteiger partial charge in [-0.05, 0) is 48.2 Å². The molecule has 0 saturated carbocycles. The van der Waals surface area contributed by atoms with E-state index in [1.165, 1.54) is 15.3 Å². The first-order valence-corrected chi connectivity index (χ1v) is 11.3. The normalized spacial score (nSPS) is 24.9. The van der Waals surface area contributed by atoms with E-state index in [0.717, 1.165) is 11.1 Å². The number of aromatic nitrogens is 2. The quantitative estimate of drug-likeness (QED) is 0.349. The lowest BCUT2D eigenvalue weighted by Gasteiger charge is -2.40. The Labute approximate surface area is 200 Å². The molecule has 1 aromatic heterocycles. The third kappa shape index (κ3) is 4.50. The van der Waals surface area contributed by atoms with Crippen LogP contribution in [0, 0.1) is 0 Å². The molecule has 5 N–H and O–H groups in total. The number of nitrogens with zero attached hydrogens (tertiary/aromatic N) is 2. The van der Waals surface area contributed by atoms with Crippen molar-refractivity contribution >= 4 is 11.6 Å². The number of halogens is 1. The maximum atomic E-state index is 12.4. The summed E-state index contributed by atoms with van der Waals surface area (Å²) >= 11 is 6.40. The molecule has 2 aromatic carbocycles. The summed E-state index contributed by atoms with van der Waals surface area (Å²) in [5, 5.41) is 50.4. The Morgan fingerprint density at radius 3 is 2.35 bits per heavy atom. The lowest BCUT2D eigenvalue weighted by Crippen LogP contribution is -2.55. The van der Waals surface area contributed by atoms with Crippen molar-refractivity contribution < 1.29 is 30.3 Å². The zero-order valence-electron chi connectivity index (χ0n) is 18.5. The van der Waals surface area contributed by atoms with Gasteiger partial charge in [0.2, 0.25) is 5.88 Å². The van der Waals surface area contributed by atoms with Crippen LogP contribution in [-0.4, -0.2) is 65.7 Å². The molecule has 0 amide bonds. The van der Waals surface area contributed by atoms with Gasteiger partial charge in [0.1, 0.15) is 30.5 Å². The molecular weight excluding hydrogens is 464 g/mol. The number of aliphatic hydroxyl groups is 4. The zero-order valence-corrected chi connectivity index (χ0v) is 19.2. The number of ether oxygens (including phenoxy) is 1. The van der Waals surface area contributed by atoms with Crippen LogP contribution in [0.1, 0.15) is 29.7 Å². The number of hydrogen-bond donors (Lipinski definition) is 5. The number of imidazole rings is 1. The fourth-order valence-electron chi connectivity index (χ4n) is 4.23. The highest BCUT2D eigenvalue weighted by atomic mass is 35.5. The summed E-state index contributed by atoms with van der Waals surface area (Å²) in [6, 6.07) is 12.3. The van der Waals surface area contributed by atoms with Gasteiger partial charge in [0.15, 0.2) is 0 Å². The molecule has 1 aliphatic heterocycles. The summed E-state index contributed by atoms with van der Waals surface area (Å²) < 4.78 is 8.28. The second-order valence-corrected chi connectivity index (χ2v) is 8.73. The van der Waals surface area contributed by atoms with Crippen LogP contribution >= 0.6 is 11.6 Å². The molecule has 0 radical (unpaired) electrons. The second kappa shape index (κ2) is 9.91. The van der Waals surface area contributed by atoms with Crippen LogP contribution in [-0.2, 0) is 17.7 Å². The third-order valence-electron chi connectivity index (χ3n) is 6.17. The van der Waals surface area contributed by atoms with Gasteiger partial charge in [-0.15, -0.1) is 0 Å². The van der Waals surface area contributed by atoms with Crippen LogP contribution < -0.4 is 5.69 Å². The Hall–Kier alpha value is -2.66. The van der Waals surface area contributed by atoms with Crippen molar-refractivity contribution in [3.05, 3.63) is 80.9 Å². The van der Waals surface area contributed by atoms with Gasteiger partial charge in [0.25, 0.3) is 0 Å². The van der Waals surface area contributed by atoms with Crippen molar-refractivity contribution in [3.8, 4) is 11.6 Å². The van der Waals surface area contributed by atoms with Gasteiger partial charge in [-0.1, -0.05) is 35.9 Å². The molecule has 5 atom stereocenters. The SMILES string of the molecule is CCn1c(O)cn(-c2ccc(Cc3cc([C@@H]4OC(CO)[C@@H](O)[C@H](O)C4O)ccc3Cl)cc2)c1=O. The first-order chi connectivity index (χ1) is 16.2. The smallest absolute Gasteiger partial charge is 0.335 e. The van der Waals surface area contributed by atoms with Crippen molar-refractivity contribution in [2.75, 3.05) is 6.61 Å². The van der Waals surface area contributed by atoms with Gasteiger partial charge in [-0.2, -0.15) is 0 Å². The fourth-order valence-corrected chi connectivity index (χ4v) is 4.41. The van der Waals surface area contributed by atoms with Crippen LogP contribution in [0.15, 0.2) is 53.5 Å². The minimum atomic E-state index is -1.46. The molecule has 1 saturated heterocycles. The molecule has 0 bridgehead atoms. The van der Waals surface area contributed by atoms with Crippen molar-refractivity contribution in [2.45, 2.75) is 50.4 Å². The monoisotopic (exact) mass is 490 g/mol. The number of rotatable bonds is 6. The van der Waals surface area contributed by atoms with E-state index in [1.54, 1.807) is 37.3 Å². The summed E-state index contributed by atoms with van der Waals surface area (Å²) in [5.74, 6) is -0.103. The highest BCUT2D eigenvalue weighted by Gasteiger charge is 2.44. The minimum absolute atomic E-state index is 0.103. The standard InChI is InChI=1S/C24H27ClN2O7/c1-2-26-19(29)11-27(24(26)33)16-6-3-13(4-7-16)9-15-10-14(5-8-17(15)25)23-22(32)21(31)20(30)18(12-28)34-23/h3-8,10-11,18,20-23,28-32H,2,9,12H2,1H3/t18?,20-,21+,22?,23+/m1/s1. The average Bonchev–Trinajstić information content (AvgIpc) is 3.12. The minimum Gasteiger partial charge on any atom is -0.493 e. The van der Waals surface area contributed by atoms with Crippen LogP contribution in [0.25, 0.3) is 5.69 Å². The fraction of sp³-hybridized carbons (Fsp3) is 0.375.